The number of allylic oxidation sites excluding steroid dienone is 2. The third-order valence-corrected chi connectivity index (χ3v) is 5.31. The van der Waals surface area contributed by atoms with E-state index in [1.54, 1.807) is 6.07 Å². The second-order valence-electron chi connectivity index (χ2n) is 5.93. The molecule has 1 aromatic heterocycles. The summed E-state index contributed by atoms with van der Waals surface area (Å²) in [6, 6.07) is 3.65. The zero-order valence-corrected chi connectivity index (χ0v) is 13.5. The van der Waals surface area contributed by atoms with Crippen molar-refractivity contribution in [1.82, 2.24) is 10.2 Å². The van der Waals surface area contributed by atoms with Gasteiger partial charge in [-0.2, -0.15) is 0 Å². The minimum absolute atomic E-state index is 0.0868. The fourth-order valence-corrected chi connectivity index (χ4v) is 4.00. The molecule has 1 atom stereocenters. The van der Waals surface area contributed by atoms with Crippen LogP contribution in [-0.2, 0) is 4.79 Å². The lowest BCUT2D eigenvalue weighted by atomic mass is 9.85. The molecule has 1 aliphatic carbocycles. The second-order valence-corrected chi connectivity index (χ2v) is 6.88. The standard InChI is InChI=1S/C17H22N2O2S/c20-16(9-10-18-17(21)15-8-4-12-22-15)19-11-3-6-13-5-1-2-7-14(13)19/h4,7-8,12-13H,1-3,5-6,9-11H2,(H,18,21). The third-order valence-electron chi connectivity index (χ3n) is 4.44. The number of rotatable bonds is 4. The van der Waals surface area contributed by atoms with Crippen LogP contribution in [0.4, 0.5) is 0 Å². The number of thiophene rings is 1. The molecule has 118 valence electrons. The molecule has 0 radical (unpaired) electrons. The molecule has 5 heteroatoms. The molecule has 1 aromatic rings. The number of amides is 2. The van der Waals surface area contributed by atoms with E-state index in [4.69, 9.17) is 0 Å². The van der Waals surface area contributed by atoms with Crippen molar-refractivity contribution in [3.8, 4) is 0 Å². The average molecular weight is 318 g/mol. The van der Waals surface area contributed by atoms with E-state index in [-0.39, 0.29) is 11.8 Å². The van der Waals surface area contributed by atoms with Gasteiger partial charge in [0.25, 0.3) is 5.91 Å². The first-order valence-corrected chi connectivity index (χ1v) is 8.96. The van der Waals surface area contributed by atoms with Crippen molar-refractivity contribution in [1.29, 1.82) is 0 Å². The van der Waals surface area contributed by atoms with Gasteiger partial charge < -0.3 is 10.2 Å². The van der Waals surface area contributed by atoms with Crippen LogP contribution < -0.4 is 5.32 Å². The molecule has 0 bridgehead atoms. The summed E-state index contributed by atoms with van der Waals surface area (Å²) in [6.07, 6.45) is 8.47. The van der Waals surface area contributed by atoms with Crippen LogP contribution in [0.25, 0.3) is 0 Å². The average Bonchev–Trinajstić information content (AvgIpc) is 3.08. The highest BCUT2D eigenvalue weighted by Crippen LogP contribution is 2.35. The summed E-state index contributed by atoms with van der Waals surface area (Å²) in [5.74, 6) is 0.632. The number of nitrogens with one attached hydrogen (secondary N) is 1. The van der Waals surface area contributed by atoms with Crippen molar-refractivity contribution in [2.75, 3.05) is 13.1 Å². The predicted octanol–water partition coefficient (Wildman–Crippen LogP) is 3.17. The molecular formula is C17H22N2O2S. The molecule has 1 unspecified atom stereocenters. The van der Waals surface area contributed by atoms with Gasteiger partial charge in [-0.25, -0.2) is 0 Å². The highest BCUT2D eigenvalue weighted by atomic mass is 32.1. The minimum atomic E-state index is -0.0868. The fraction of sp³-hybridized carbons (Fsp3) is 0.529. The quantitative estimate of drug-likeness (QED) is 0.927. The van der Waals surface area contributed by atoms with Crippen LogP contribution in [-0.4, -0.2) is 29.8 Å². The second kappa shape index (κ2) is 7.09. The maximum absolute atomic E-state index is 12.5. The number of piperidine rings is 1. The van der Waals surface area contributed by atoms with Gasteiger partial charge in [0.1, 0.15) is 0 Å². The predicted molar refractivity (Wildman–Crippen MR) is 87.6 cm³/mol. The SMILES string of the molecule is O=C(NCCC(=O)N1CCCC2CCCC=C21)c1cccs1. The minimum Gasteiger partial charge on any atom is -0.351 e. The maximum atomic E-state index is 12.5. The Morgan fingerprint density at radius 2 is 2.18 bits per heavy atom. The number of carbonyl (C=O) groups excluding carboxylic acids is 2. The van der Waals surface area contributed by atoms with Crippen molar-refractivity contribution in [3.05, 3.63) is 34.2 Å². The van der Waals surface area contributed by atoms with Crippen molar-refractivity contribution in [2.45, 2.75) is 38.5 Å². The smallest absolute Gasteiger partial charge is 0.261 e. The summed E-state index contributed by atoms with van der Waals surface area (Å²) in [5, 5.41) is 4.71. The molecule has 4 nitrogen and oxygen atoms in total. The third kappa shape index (κ3) is 3.40. The Hall–Kier alpha value is -1.62. The van der Waals surface area contributed by atoms with Crippen LogP contribution in [0.15, 0.2) is 29.3 Å². The van der Waals surface area contributed by atoms with E-state index < -0.39 is 0 Å². The van der Waals surface area contributed by atoms with E-state index in [0.29, 0.717) is 23.8 Å². The van der Waals surface area contributed by atoms with Crippen LogP contribution in [0, 0.1) is 5.92 Å². The first-order valence-electron chi connectivity index (χ1n) is 8.08. The van der Waals surface area contributed by atoms with E-state index in [1.807, 2.05) is 16.3 Å². The topological polar surface area (TPSA) is 49.4 Å². The summed E-state index contributed by atoms with van der Waals surface area (Å²) in [7, 11) is 0. The molecule has 2 amide bonds. The van der Waals surface area contributed by atoms with E-state index in [0.717, 1.165) is 19.4 Å². The van der Waals surface area contributed by atoms with Gasteiger partial charge in [-0.15, -0.1) is 11.3 Å². The zero-order valence-electron chi connectivity index (χ0n) is 12.7. The van der Waals surface area contributed by atoms with E-state index in [1.165, 1.54) is 36.3 Å². The Bertz CT molecular complexity index is 565. The van der Waals surface area contributed by atoms with Crippen molar-refractivity contribution < 1.29 is 9.59 Å². The summed E-state index contributed by atoms with van der Waals surface area (Å²) in [6.45, 7) is 1.24. The summed E-state index contributed by atoms with van der Waals surface area (Å²) < 4.78 is 0. The lowest BCUT2D eigenvalue weighted by Gasteiger charge is -2.38. The van der Waals surface area contributed by atoms with Gasteiger partial charge in [0, 0.05) is 25.2 Å². The Morgan fingerprint density at radius 3 is 3.00 bits per heavy atom. The van der Waals surface area contributed by atoms with Crippen LogP contribution in [0.3, 0.4) is 0 Å². The molecular weight excluding hydrogens is 296 g/mol. The number of fused-ring (bicyclic) bond motifs is 1. The van der Waals surface area contributed by atoms with Crippen LogP contribution in [0.5, 0.6) is 0 Å². The highest BCUT2D eigenvalue weighted by Gasteiger charge is 2.29. The summed E-state index contributed by atoms with van der Waals surface area (Å²) in [4.78, 5) is 27.0. The molecule has 2 aliphatic rings. The lowest BCUT2D eigenvalue weighted by Crippen LogP contribution is -2.40. The first-order chi connectivity index (χ1) is 10.8. The van der Waals surface area contributed by atoms with Gasteiger partial charge in [-0.05, 0) is 49.5 Å². The van der Waals surface area contributed by atoms with Gasteiger partial charge in [-0.3, -0.25) is 9.59 Å². The molecule has 0 aromatic carbocycles. The molecule has 1 fully saturated rings. The molecule has 3 rings (SSSR count). The van der Waals surface area contributed by atoms with Crippen LogP contribution in [0.1, 0.15) is 48.2 Å². The molecule has 2 heterocycles. The largest absolute Gasteiger partial charge is 0.351 e. The molecule has 0 spiro atoms. The van der Waals surface area contributed by atoms with Crippen molar-refractivity contribution in [3.63, 3.8) is 0 Å². The van der Waals surface area contributed by atoms with Gasteiger partial charge in [0.15, 0.2) is 0 Å². The molecule has 1 aliphatic heterocycles. The number of hydrogen-bond donors (Lipinski definition) is 1. The maximum Gasteiger partial charge on any atom is 0.261 e. The van der Waals surface area contributed by atoms with E-state index in [9.17, 15) is 9.59 Å². The van der Waals surface area contributed by atoms with E-state index in [2.05, 4.69) is 11.4 Å². The molecule has 1 N–H and O–H groups in total. The number of likely N-dealkylation sites (tertiary alicyclic amines) is 1. The van der Waals surface area contributed by atoms with Gasteiger partial charge in [0.2, 0.25) is 5.91 Å². The normalized spacial score (nSPS) is 21.0. The fourth-order valence-electron chi connectivity index (χ4n) is 3.36. The monoisotopic (exact) mass is 318 g/mol. The zero-order chi connectivity index (χ0) is 15.4. The van der Waals surface area contributed by atoms with Gasteiger partial charge in [-0.1, -0.05) is 12.1 Å². The first kappa shape index (κ1) is 15.3. The Kier molecular flexibility index (Phi) is 4.93. The molecule has 0 saturated carbocycles. The Labute approximate surface area is 135 Å². The lowest BCUT2D eigenvalue weighted by molar-refractivity contribution is -0.130. The molecule has 22 heavy (non-hydrogen) atoms. The number of nitrogens with zero attached hydrogens (tertiary/aromatic N) is 1. The van der Waals surface area contributed by atoms with Gasteiger partial charge in [0.05, 0.1) is 4.88 Å². The van der Waals surface area contributed by atoms with Crippen LogP contribution >= 0.6 is 11.3 Å². The van der Waals surface area contributed by atoms with Crippen molar-refractivity contribution >= 4 is 23.2 Å². The Balaban J connectivity index is 1.51. The van der Waals surface area contributed by atoms with Gasteiger partial charge >= 0.3 is 0 Å². The number of hydrogen-bond acceptors (Lipinski definition) is 3. The summed E-state index contributed by atoms with van der Waals surface area (Å²) >= 11 is 1.42. The molecule has 1 saturated heterocycles. The Morgan fingerprint density at radius 1 is 1.32 bits per heavy atom. The van der Waals surface area contributed by atoms with Crippen molar-refractivity contribution in [2.24, 2.45) is 5.92 Å². The summed E-state index contributed by atoms with van der Waals surface area (Å²) in [5.41, 5.74) is 1.24. The van der Waals surface area contributed by atoms with E-state index >= 15 is 0 Å². The van der Waals surface area contributed by atoms with Crippen LogP contribution in [0.2, 0.25) is 0 Å². The highest BCUT2D eigenvalue weighted by molar-refractivity contribution is 7.12. The number of carbonyl (C=O) groups is 2.